The van der Waals surface area contributed by atoms with Crippen LogP contribution in [-0.2, 0) is 4.79 Å². The summed E-state index contributed by atoms with van der Waals surface area (Å²) in [5.74, 6) is 2.45. The van der Waals surface area contributed by atoms with Gasteiger partial charge in [-0.05, 0) is 41.8 Å². The Morgan fingerprint density at radius 2 is 1.85 bits per heavy atom. The number of nitrogen functional groups attached to an aromatic ring is 1. The van der Waals surface area contributed by atoms with Gasteiger partial charge in [-0.25, -0.2) is 0 Å². The topological polar surface area (TPSA) is 58.4 Å². The molecule has 0 spiro atoms. The maximum atomic E-state index is 12.9. The Labute approximate surface area is 159 Å². The van der Waals surface area contributed by atoms with Crippen LogP contribution in [0.4, 0.5) is 5.69 Å². The van der Waals surface area contributed by atoms with Crippen molar-refractivity contribution in [3.63, 3.8) is 0 Å². The highest BCUT2D eigenvalue weighted by atomic mass is 32.2. The molecule has 2 unspecified atom stereocenters. The van der Waals surface area contributed by atoms with Gasteiger partial charge in [0, 0.05) is 30.3 Å². The lowest BCUT2D eigenvalue weighted by Crippen LogP contribution is -2.41. The van der Waals surface area contributed by atoms with Gasteiger partial charge in [-0.3, -0.25) is 4.79 Å². The van der Waals surface area contributed by atoms with Crippen LogP contribution in [0.15, 0.2) is 48.5 Å². The molecule has 0 saturated carbocycles. The number of carbonyl (C=O) groups is 1. The quantitative estimate of drug-likeness (QED) is 0.816. The standard InChI is InChI=1S/C21H25N3OS/c22-16-5-3-4-15(14-16)20-18-7-2-1-6-17(18)19(21(25)23-20)8-9-24-10-12-26-13-11-24/h1-7,14,19-20H,8-13,22H2,(H,23,25). The molecule has 2 atom stereocenters. The van der Waals surface area contributed by atoms with Crippen LogP contribution in [0.2, 0.25) is 0 Å². The summed E-state index contributed by atoms with van der Waals surface area (Å²) in [5, 5.41) is 3.24. The molecule has 0 radical (unpaired) electrons. The van der Waals surface area contributed by atoms with Crippen LogP contribution in [-0.4, -0.2) is 41.9 Å². The molecule has 0 bridgehead atoms. The van der Waals surface area contributed by atoms with Gasteiger partial charge in [0.2, 0.25) is 5.91 Å². The average Bonchev–Trinajstić information content (AvgIpc) is 2.67. The Kier molecular flexibility index (Phi) is 5.18. The number of fused-ring (bicyclic) bond motifs is 1. The minimum atomic E-state index is -0.121. The van der Waals surface area contributed by atoms with Gasteiger partial charge in [-0.15, -0.1) is 0 Å². The lowest BCUT2D eigenvalue weighted by molar-refractivity contribution is -0.124. The summed E-state index contributed by atoms with van der Waals surface area (Å²) in [6.07, 6.45) is 0.872. The highest BCUT2D eigenvalue weighted by molar-refractivity contribution is 7.99. The summed E-state index contributed by atoms with van der Waals surface area (Å²) in [4.78, 5) is 15.4. The molecule has 2 heterocycles. The Morgan fingerprint density at radius 1 is 1.08 bits per heavy atom. The molecule has 0 aliphatic carbocycles. The van der Waals surface area contributed by atoms with Gasteiger partial charge in [-0.1, -0.05) is 36.4 Å². The SMILES string of the molecule is Nc1cccc(C2NC(=O)C(CCN3CCSCC3)c3ccccc32)c1. The summed E-state index contributed by atoms with van der Waals surface area (Å²) in [5.41, 5.74) is 10.1. The van der Waals surface area contributed by atoms with Crippen LogP contribution in [0.1, 0.15) is 35.1 Å². The maximum absolute atomic E-state index is 12.9. The maximum Gasteiger partial charge on any atom is 0.228 e. The molecule has 2 aromatic carbocycles. The summed E-state index contributed by atoms with van der Waals surface area (Å²) in [6.45, 7) is 3.25. The van der Waals surface area contributed by atoms with Gasteiger partial charge in [0.05, 0.1) is 12.0 Å². The van der Waals surface area contributed by atoms with Crippen molar-refractivity contribution < 1.29 is 4.79 Å². The third kappa shape index (κ3) is 3.60. The highest BCUT2D eigenvalue weighted by Gasteiger charge is 2.33. The van der Waals surface area contributed by atoms with Gasteiger partial charge in [0.25, 0.3) is 0 Å². The molecular weight excluding hydrogens is 342 g/mol. The largest absolute Gasteiger partial charge is 0.399 e. The molecule has 1 fully saturated rings. The van der Waals surface area contributed by atoms with Gasteiger partial charge < -0.3 is 16.0 Å². The van der Waals surface area contributed by atoms with E-state index in [0.717, 1.165) is 42.9 Å². The Morgan fingerprint density at radius 3 is 2.62 bits per heavy atom. The van der Waals surface area contributed by atoms with E-state index in [0.29, 0.717) is 0 Å². The van der Waals surface area contributed by atoms with Crippen LogP contribution in [0.5, 0.6) is 0 Å². The average molecular weight is 368 g/mol. The van der Waals surface area contributed by atoms with Crippen molar-refractivity contribution in [2.24, 2.45) is 0 Å². The summed E-state index contributed by atoms with van der Waals surface area (Å²) in [7, 11) is 0. The van der Waals surface area contributed by atoms with E-state index in [2.05, 4.69) is 28.4 Å². The molecule has 136 valence electrons. The van der Waals surface area contributed by atoms with Crippen molar-refractivity contribution in [3.05, 3.63) is 65.2 Å². The van der Waals surface area contributed by atoms with Crippen molar-refractivity contribution in [2.45, 2.75) is 18.4 Å². The molecular formula is C21H25N3OS. The van der Waals surface area contributed by atoms with Crippen molar-refractivity contribution in [1.29, 1.82) is 0 Å². The molecule has 4 rings (SSSR count). The van der Waals surface area contributed by atoms with E-state index in [9.17, 15) is 4.79 Å². The van der Waals surface area contributed by atoms with Crippen LogP contribution >= 0.6 is 11.8 Å². The molecule has 2 aliphatic heterocycles. The van der Waals surface area contributed by atoms with Gasteiger partial charge in [0.1, 0.15) is 0 Å². The van der Waals surface area contributed by atoms with Gasteiger partial charge >= 0.3 is 0 Å². The van der Waals surface area contributed by atoms with Crippen LogP contribution in [0.3, 0.4) is 0 Å². The van der Waals surface area contributed by atoms with E-state index in [1.807, 2.05) is 42.1 Å². The second kappa shape index (κ2) is 7.72. The second-order valence-electron chi connectivity index (χ2n) is 7.04. The number of carbonyl (C=O) groups excluding carboxylic acids is 1. The van der Waals surface area contributed by atoms with Crippen molar-refractivity contribution in [1.82, 2.24) is 10.2 Å². The predicted molar refractivity (Wildman–Crippen MR) is 108 cm³/mol. The predicted octanol–water partition coefficient (Wildman–Crippen LogP) is 3.01. The van der Waals surface area contributed by atoms with E-state index in [1.54, 1.807) is 0 Å². The van der Waals surface area contributed by atoms with Crippen LogP contribution < -0.4 is 11.1 Å². The fourth-order valence-corrected chi connectivity index (χ4v) is 4.96. The highest BCUT2D eigenvalue weighted by Crippen LogP contribution is 2.36. The number of thioether (sulfide) groups is 1. The van der Waals surface area contributed by atoms with Crippen molar-refractivity contribution in [3.8, 4) is 0 Å². The number of nitrogens with one attached hydrogen (secondary N) is 1. The van der Waals surface area contributed by atoms with Gasteiger partial charge in [0.15, 0.2) is 0 Å². The van der Waals surface area contributed by atoms with Crippen molar-refractivity contribution >= 4 is 23.4 Å². The van der Waals surface area contributed by atoms with E-state index in [4.69, 9.17) is 5.73 Å². The monoisotopic (exact) mass is 367 g/mol. The molecule has 2 aliphatic rings. The zero-order valence-corrected chi connectivity index (χ0v) is 15.7. The lowest BCUT2D eigenvalue weighted by atomic mass is 9.82. The normalized spacial score (nSPS) is 23.3. The smallest absolute Gasteiger partial charge is 0.228 e. The summed E-state index contributed by atoms with van der Waals surface area (Å²) < 4.78 is 0. The molecule has 1 amide bonds. The minimum Gasteiger partial charge on any atom is -0.399 e. The molecule has 0 aromatic heterocycles. The first-order chi connectivity index (χ1) is 12.7. The van der Waals surface area contributed by atoms with E-state index in [-0.39, 0.29) is 17.9 Å². The Hall–Kier alpha value is -1.98. The van der Waals surface area contributed by atoms with E-state index >= 15 is 0 Å². The number of nitrogens with zero attached hydrogens (tertiary/aromatic N) is 1. The number of rotatable bonds is 4. The molecule has 2 aromatic rings. The minimum absolute atomic E-state index is 0.0712. The molecule has 1 saturated heterocycles. The Bertz CT molecular complexity index is 788. The fraction of sp³-hybridized carbons (Fsp3) is 0.381. The fourth-order valence-electron chi connectivity index (χ4n) is 3.98. The lowest BCUT2D eigenvalue weighted by Gasteiger charge is -2.34. The number of hydrogen-bond acceptors (Lipinski definition) is 4. The molecule has 4 nitrogen and oxygen atoms in total. The number of benzene rings is 2. The van der Waals surface area contributed by atoms with Gasteiger partial charge in [-0.2, -0.15) is 11.8 Å². The zero-order chi connectivity index (χ0) is 17.9. The zero-order valence-electron chi connectivity index (χ0n) is 14.9. The second-order valence-corrected chi connectivity index (χ2v) is 8.26. The third-order valence-electron chi connectivity index (χ3n) is 5.37. The van der Waals surface area contributed by atoms with E-state index in [1.165, 1.54) is 17.1 Å². The molecule has 5 heteroatoms. The van der Waals surface area contributed by atoms with Crippen LogP contribution in [0, 0.1) is 0 Å². The van der Waals surface area contributed by atoms with Crippen LogP contribution in [0.25, 0.3) is 0 Å². The third-order valence-corrected chi connectivity index (χ3v) is 6.31. The summed E-state index contributed by atoms with van der Waals surface area (Å²) >= 11 is 2.02. The number of nitrogens with two attached hydrogens (primary N) is 1. The number of amides is 1. The van der Waals surface area contributed by atoms with E-state index < -0.39 is 0 Å². The number of anilines is 1. The first-order valence-corrected chi connectivity index (χ1v) is 10.4. The Balaban J connectivity index is 1.58. The van der Waals surface area contributed by atoms with Crippen molar-refractivity contribution in [2.75, 3.05) is 36.9 Å². The molecule has 3 N–H and O–H groups in total. The first-order valence-electron chi connectivity index (χ1n) is 9.27. The number of hydrogen-bond donors (Lipinski definition) is 2. The summed E-state index contributed by atoms with van der Waals surface area (Å²) in [6, 6.07) is 16.0. The molecule has 26 heavy (non-hydrogen) atoms. The first kappa shape index (κ1) is 17.4.